The van der Waals surface area contributed by atoms with Crippen molar-refractivity contribution < 1.29 is 2.85 Å². The van der Waals surface area contributed by atoms with E-state index in [2.05, 4.69) is 144 Å². The summed E-state index contributed by atoms with van der Waals surface area (Å²) in [6.07, 6.45) is 6.87. The highest BCUT2D eigenvalue weighted by atomic mass is 15.0. The zero-order valence-electron chi connectivity index (χ0n) is 21.7. The van der Waals surface area contributed by atoms with E-state index < -0.39 is 0 Å². The lowest BCUT2D eigenvalue weighted by molar-refractivity contribution is 0.381. The molecule has 0 spiro atoms. The Morgan fingerprint density at radius 3 is 1.89 bits per heavy atom. The van der Waals surface area contributed by atoms with Gasteiger partial charge in [0.25, 0.3) is 0 Å². The Morgan fingerprint density at radius 1 is 0.579 bits per heavy atom. The van der Waals surface area contributed by atoms with Gasteiger partial charge in [-0.2, -0.15) is 0 Å². The number of fused-ring (bicyclic) bond motifs is 2. The van der Waals surface area contributed by atoms with Crippen molar-refractivity contribution >= 4 is 16.8 Å². The van der Waals surface area contributed by atoms with Crippen LogP contribution < -0.4 is 10.6 Å². The summed E-state index contributed by atoms with van der Waals surface area (Å²) in [6.45, 7) is 1.60. The molecular formula is C36H38N2. The Hall–Kier alpha value is -3.98. The SMILES string of the molecule is C1=Cc2c(cccc2CN[C@H](c2ccccc2)[C@H](NCc2cccc3ccccc23)c2ccccc2)CC1.[HH].[HH]. The Labute approximate surface area is 229 Å². The number of allylic oxidation sites excluding steroid dienone is 1. The molecule has 38 heavy (non-hydrogen) atoms. The molecule has 0 fully saturated rings. The number of aryl methyl sites for hydroxylation is 1. The highest BCUT2D eigenvalue weighted by Crippen LogP contribution is 2.31. The van der Waals surface area contributed by atoms with Gasteiger partial charge in [0, 0.05) is 15.9 Å². The molecule has 192 valence electrons. The Morgan fingerprint density at radius 2 is 1.16 bits per heavy atom. The zero-order valence-corrected chi connectivity index (χ0v) is 21.7. The van der Waals surface area contributed by atoms with Gasteiger partial charge in [0.05, 0.1) is 12.1 Å². The number of hydrogen-bond donors (Lipinski definition) is 2. The van der Waals surface area contributed by atoms with Crippen LogP contribution in [0.2, 0.25) is 0 Å². The minimum Gasteiger partial charge on any atom is -0.304 e. The quantitative estimate of drug-likeness (QED) is 0.212. The third kappa shape index (κ3) is 5.33. The lowest BCUT2D eigenvalue weighted by atomic mass is 9.91. The zero-order chi connectivity index (χ0) is 25.6. The third-order valence-electron chi connectivity index (χ3n) is 7.71. The van der Waals surface area contributed by atoms with Gasteiger partial charge in [0.1, 0.15) is 0 Å². The van der Waals surface area contributed by atoms with Crippen molar-refractivity contribution in [2.24, 2.45) is 0 Å². The van der Waals surface area contributed by atoms with Gasteiger partial charge >= 0.3 is 0 Å². The fourth-order valence-electron chi connectivity index (χ4n) is 5.76. The highest BCUT2D eigenvalue weighted by molar-refractivity contribution is 5.85. The van der Waals surface area contributed by atoms with E-state index in [1.165, 1.54) is 44.2 Å². The molecule has 2 nitrogen and oxygen atoms in total. The van der Waals surface area contributed by atoms with E-state index in [0.717, 1.165) is 25.9 Å². The summed E-state index contributed by atoms with van der Waals surface area (Å²) in [5, 5.41) is 10.5. The van der Waals surface area contributed by atoms with Gasteiger partial charge in [-0.25, -0.2) is 0 Å². The molecule has 2 heteroatoms. The van der Waals surface area contributed by atoms with Crippen LogP contribution in [-0.2, 0) is 19.5 Å². The second-order valence-corrected chi connectivity index (χ2v) is 10.1. The van der Waals surface area contributed by atoms with Crippen LogP contribution in [0.5, 0.6) is 0 Å². The second-order valence-electron chi connectivity index (χ2n) is 10.1. The summed E-state index contributed by atoms with van der Waals surface area (Å²) < 4.78 is 0. The van der Waals surface area contributed by atoms with Crippen LogP contribution in [-0.4, -0.2) is 0 Å². The van der Waals surface area contributed by atoms with Crippen molar-refractivity contribution in [1.82, 2.24) is 10.6 Å². The molecule has 0 unspecified atom stereocenters. The fourth-order valence-corrected chi connectivity index (χ4v) is 5.76. The van der Waals surface area contributed by atoms with Gasteiger partial charge in [0.2, 0.25) is 0 Å². The molecular weight excluding hydrogens is 460 g/mol. The maximum atomic E-state index is 3.98. The molecule has 0 saturated carbocycles. The molecule has 5 aromatic rings. The Balaban J connectivity index is 0.00000185. The lowest BCUT2D eigenvalue weighted by Gasteiger charge is -2.31. The first-order chi connectivity index (χ1) is 18.9. The van der Waals surface area contributed by atoms with E-state index in [0.29, 0.717) is 0 Å². The van der Waals surface area contributed by atoms with Crippen LogP contribution in [0.1, 0.15) is 54.7 Å². The van der Waals surface area contributed by atoms with Crippen LogP contribution in [0, 0.1) is 0 Å². The molecule has 0 radical (unpaired) electrons. The van der Waals surface area contributed by atoms with Gasteiger partial charge in [-0.15, -0.1) is 0 Å². The van der Waals surface area contributed by atoms with Crippen LogP contribution in [0.25, 0.3) is 16.8 Å². The van der Waals surface area contributed by atoms with E-state index in [4.69, 9.17) is 0 Å². The molecule has 2 N–H and O–H groups in total. The molecule has 1 aliphatic rings. The summed E-state index contributed by atoms with van der Waals surface area (Å²) in [6, 6.07) is 43.9. The fraction of sp³-hybridized carbons (Fsp3) is 0.167. The van der Waals surface area contributed by atoms with E-state index in [-0.39, 0.29) is 14.9 Å². The van der Waals surface area contributed by atoms with Gasteiger partial charge < -0.3 is 10.6 Å². The largest absolute Gasteiger partial charge is 0.304 e. The number of hydrogen-bond acceptors (Lipinski definition) is 2. The van der Waals surface area contributed by atoms with Crippen LogP contribution >= 0.6 is 0 Å². The molecule has 0 saturated heterocycles. The molecule has 6 rings (SSSR count). The number of rotatable bonds is 9. The maximum Gasteiger partial charge on any atom is 0.0521 e. The van der Waals surface area contributed by atoms with Crippen molar-refractivity contribution in [1.29, 1.82) is 0 Å². The summed E-state index contributed by atoms with van der Waals surface area (Å²) >= 11 is 0. The molecule has 0 bridgehead atoms. The third-order valence-corrected chi connectivity index (χ3v) is 7.71. The molecule has 0 amide bonds. The predicted octanol–water partition coefficient (Wildman–Crippen LogP) is 8.65. The number of benzene rings is 5. The van der Waals surface area contributed by atoms with E-state index in [9.17, 15) is 0 Å². The molecule has 0 aromatic heterocycles. The average molecular weight is 499 g/mol. The van der Waals surface area contributed by atoms with Gasteiger partial charge in [0.15, 0.2) is 0 Å². The van der Waals surface area contributed by atoms with Gasteiger partial charge in [-0.1, -0.05) is 133 Å². The lowest BCUT2D eigenvalue weighted by Crippen LogP contribution is -2.35. The van der Waals surface area contributed by atoms with Crippen LogP contribution in [0.4, 0.5) is 0 Å². The smallest absolute Gasteiger partial charge is 0.0521 e. The van der Waals surface area contributed by atoms with Crippen molar-refractivity contribution in [3.05, 3.63) is 161 Å². The minimum absolute atomic E-state index is 0. The van der Waals surface area contributed by atoms with Gasteiger partial charge in [-0.3, -0.25) is 0 Å². The topological polar surface area (TPSA) is 24.1 Å². The van der Waals surface area contributed by atoms with E-state index in [1.54, 1.807) is 0 Å². The van der Waals surface area contributed by atoms with Crippen molar-refractivity contribution in [3.8, 4) is 0 Å². The highest BCUT2D eigenvalue weighted by Gasteiger charge is 2.25. The second kappa shape index (κ2) is 11.6. The summed E-state index contributed by atoms with van der Waals surface area (Å²) in [5.41, 5.74) is 8.09. The van der Waals surface area contributed by atoms with Crippen molar-refractivity contribution in [2.75, 3.05) is 0 Å². The molecule has 1 aliphatic carbocycles. The first-order valence-electron chi connectivity index (χ1n) is 13.7. The summed E-state index contributed by atoms with van der Waals surface area (Å²) in [5.74, 6) is 0. The monoisotopic (exact) mass is 498 g/mol. The van der Waals surface area contributed by atoms with Gasteiger partial charge in [-0.05, 0) is 57.0 Å². The summed E-state index contributed by atoms with van der Waals surface area (Å²) in [7, 11) is 0. The first-order valence-corrected chi connectivity index (χ1v) is 13.7. The molecule has 0 heterocycles. The molecule has 0 aliphatic heterocycles. The average Bonchev–Trinajstić information content (AvgIpc) is 2.99. The normalized spacial score (nSPS) is 14.2. The van der Waals surface area contributed by atoms with E-state index >= 15 is 0 Å². The molecule has 2 atom stereocenters. The van der Waals surface area contributed by atoms with E-state index in [1.807, 2.05) is 0 Å². The van der Waals surface area contributed by atoms with Crippen molar-refractivity contribution in [3.63, 3.8) is 0 Å². The minimum atomic E-state index is 0. The first kappa shape index (κ1) is 24.4. The standard InChI is InChI=1S/C36H34N2.2H2/c1-3-15-29(16-4-1)35(37-25-31-21-11-19-27-13-7-9-23-33(27)31)36(30-17-5-2-6-18-30)38-26-32-22-12-20-28-14-8-10-24-34(28)32;;/h1-7,9-13,15-24,35-38H,8,14,25-26H2;2*1H/t35-,36-;;/m1../s1. The maximum absolute atomic E-state index is 3.98. The van der Waals surface area contributed by atoms with Crippen LogP contribution in [0.3, 0.4) is 0 Å². The Kier molecular flexibility index (Phi) is 7.44. The molecule has 5 aromatic carbocycles. The Bertz CT molecular complexity index is 1530. The van der Waals surface area contributed by atoms with Crippen molar-refractivity contribution in [2.45, 2.75) is 38.0 Å². The van der Waals surface area contributed by atoms with Crippen LogP contribution in [0.15, 0.2) is 127 Å². The number of nitrogens with one attached hydrogen (secondary N) is 2. The summed E-state index contributed by atoms with van der Waals surface area (Å²) in [4.78, 5) is 0. The predicted molar refractivity (Wildman–Crippen MR) is 164 cm³/mol.